The van der Waals surface area contributed by atoms with Crippen LogP contribution in [0.25, 0.3) is 0 Å². The molecule has 31 heavy (non-hydrogen) atoms. The Morgan fingerprint density at radius 3 is 2.77 bits per heavy atom. The van der Waals surface area contributed by atoms with Crippen LogP contribution >= 0.6 is 0 Å². The topological polar surface area (TPSA) is 83.5 Å². The van der Waals surface area contributed by atoms with Crippen molar-refractivity contribution in [2.45, 2.75) is 77.0 Å². The van der Waals surface area contributed by atoms with Crippen LogP contribution in [0.15, 0.2) is 28.1 Å². The third kappa shape index (κ3) is 4.87. The molecule has 0 atom stereocenters. The van der Waals surface area contributed by atoms with E-state index in [0.717, 1.165) is 86.6 Å². The zero-order chi connectivity index (χ0) is 21.0. The summed E-state index contributed by atoms with van der Waals surface area (Å²) in [5.41, 5.74) is 3.79. The summed E-state index contributed by atoms with van der Waals surface area (Å²) < 4.78 is 6.04. The van der Waals surface area contributed by atoms with Crippen LogP contribution in [-0.4, -0.2) is 44.8 Å². The predicted molar refractivity (Wildman–Crippen MR) is 120 cm³/mol. The van der Waals surface area contributed by atoms with Crippen molar-refractivity contribution in [3.63, 3.8) is 0 Å². The number of aromatic amines is 1. The van der Waals surface area contributed by atoms with Gasteiger partial charge in [0.25, 0.3) is 5.56 Å². The van der Waals surface area contributed by atoms with Gasteiger partial charge >= 0.3 is 0 Å². The van der Waals surface area contributed by atoms with E-state index < -0.39 is 0 Å². The number of ether oxygens (including phenoxy) is 1. The Labute approximate surface area is 183 Å². The van der Waals surface area contributed by atoms with E-state index in [1.165, 1.54) is 19.3 Å². The van der Waals surface area contributed by atoms with Crippen LogP contribution in [0, 0.1) is 0 Å². The van der Waals surface area contributed by atoms with Crippen molar-refractivity contribution in [1.82, 2.24) is 19.9 Å². The maximum Gasteiger partial charge on any atom is 0.255 e. The molecule has 164 valence electrons. The molecule has 2 aromatic rings. The number of rotatable bonds is 5. The summed E-state index contributed by atoms with van der Waals surface area (Å²) in [5, 5.41) is 0. The Morgan fingerprint density at radius 2 is 2.00 bits per heavy atom. The minimum atomic E-state index is -0.0210. The summed E-state index contributed by atoms with van der Waals surface area (Å²) in [6.07, 6.45) is 12.2. The molecule has 1 aliphatic carbocycles. The number of pyridine rings is 1. The summed E-state index contributed by atoms with van der Waals surface area (Å²) in [4.78, 5) is 31.9. The second kappa shape index (κ2) is 9.30. The third-order valence-corrected chi connectivity index (χ3v) is 6.59. The standard InChI is InChI=1S/C24H31N5O2/c30-24-19-16-29(13-11-20(19)27-23(28-24)21-8-4-5-12-25-21)15-17-9-10-22(26-14-17)31-18-6-2-1-3-7-18/h9-10,14,18H,1-8,11-13,15-16H2,(H,27,28,30). The molecule has 5 rings (SSSR count). The number of hydrogen-bond donors (Lipinski definition) is 1. The molecular weight excluding hydrogens is 390 g/mol. The van der Waals surface area contributed by atoms with E-state index in [-0.39, 0.29) is 5.56 Å². The average molecular weight is 422 g/mol. The Morgan fingerprint density at radius 1 is 1.10 bits per heavy atom. The molecule has 7 heteroatoms. The van der Waals surface area contributed by atoms with Gasteiger partial charge in [-0.05, 0) is 50.5 Å². The van der Waals surface area contributed by atoms with Crippen molar-refractivity contribution in [2.75, 3.05) is 13.1 Å². The van der Waals surface area contributed by atoms with Gasteiger partial charge in [-0.3, -0.25) is 14.7 Å². The fourth-order valence-corrected chi connectivity index (χ4v) is 4.83. The third-order valence-electron chi connectivity index (χ3n) is 6.59. The van der Waals surface area contributed by atoms with Crippen molar-refractivity contribution >= 4 is 5.71 Å². The molecule has 4 heterocycles. The van der Waals surface area contributed by atoms with Gasteiger partial charge < -0.3 is 9.72 Å². The largest absolute Gasteiger partial charge is 0.474 e. The van der Waals surface area contributed by atoms with Crippen LogP contribution in [0.3, 0.4) is 0 Å². The lowest BCUT2D eigenvalue weighted by atomic mass is 9.98. The van der Waals surface area contributed by atoms with Crippen LogP contribution in [0.5, 0.6) is 5.88 Å². The molecular formula is C24H31N5O2. The molecule has 0 radical (unpaired) electrons. The van der Waals surface area contributed by atoms with Crippen LogP contribution in [-0.2, 0) is 19.5 Å². The molecule has 2 aromatic heterocycles. The highest BCUT2D eigenvalue weighted by atomic mass is 16.5. The molecule has 1 N–H and O–H groups in total. The van der Waals surface area contributed by atoms with Crippen molar-refractivity contribution in [3.05, 3.63) is 51.3 Å². The van der Waals surface area contributed by atoms with E-state index in [2.05, 4.69) is 25.9 Å². The Bertz CT molecular complexity index is 992. The second-order valence-corrected chi connectivity index (χ2v) is 8.97. The molecule has 7 nitrogen and oxygen atoms in total. The molecule has 1 fully saturated rings. The summed E-state index contributed by atoms with van der Waals surface area (Å²) in [6.45, 7) is 3.10. The molecule has 2 aliphatic heterocycles. The minimum Gasteiger partial charge on any atom is -0.474 e. The summed E-state index contributed by atoms with van der Waals surface area (Å²) >= 11 is 0. The van der Waals surface area contributed by atoms with Crippen molar-refractivity contribution in [3.8, 4) is 5.88 Å². The van der Waals surface area contributed by atoms with Gasteiger partial charge in [0.2, 0.25) is 5.88 Å². The van der Waals surface area contributed by atoms with Gasteiger partial charge in [-0.15, -0.1) is 0 Å². The Hall–Kier alpha value is -2.54. The molecule has 0 spiro atoms. The lowest BCUT2D eigenvalue weighted by Gasteiger charge is -2.28. The maximum atomic E-state index is 12.8. The van der Waals surface area contributed by atoms with Gasteiger partial charge in [-0.1, -0.05) is 12.5 Å². The van der Waals surface area contributed by atoms with Gasteiger partial charge in [-0.2, -0.15) is 0 Å². The monoisotopic (exact) mass is 421 g/mol. The zero-order valence-corrected chi connectivity index (χ0v) is 18.1. The first-order valence-electron chi connectivity index (χ1n) is 11.7. The normalized spacial score (nSPS) is 20.2. The summed E-state index contributed by atoms with van der Waals surface area (Å²) in [7, 11) is 0. The number of hydrogen-bond acceptors (Lipinski definition) is 6. The van der Waals surface area contributed by atoms with Gasteiger partial charge in [-0.25, -0.2) is 9.97 Å². The van der Waals surface area contributed by atoms with Crippen molar-refractivity contribution in [1.29, 1.82) is 0 Å². The van der Waals surface area contributed by atoms with E-state index in [9.17, 15) is 4.79 Å². The molecule has 3 aliphatic rings. The lowest BCUT2D eigenvalue weighted by molar-refractivity contribution is 0.148. The highest BCUT2D eigenvalue weighted by Gasteiger charge is 2.23. The number of fused-ring (bicyclic) bond motifs is 1. The maximum absolute atomic E-state index is 12.8. The first-order chi connectivity index (χ1) is 15.2. The van der Waals surface area contributed by atoms with Crippen molar-refractivity contribution in [2.24, 2.45) is 4.99 Å². The Balaban J connectivity index is 1.22. The fourth-order valence-electron chi connectivity index (χ4n) is 4.83. The molecule has 0 aromatic carbocycles. The molecule has 0 amide bonds. The lowest BCUT2D eigenvalue weighted by Crippen LogP contribution is -2.36. The summed E-state index contributed by atoms with van der Waals surface area (Å²) in [5.74, 6) is 1.40. The van der Waals surface area contributed by atoms with Gasteiger partial charge in [0.1, 0.15) is 6.10 Å². The number of nitrogens with zero attached hydrogens (tertiary/aromatic N) is 4. The molecule has 1 saturated carbocycles. The number of aromatic nitrogens is 3. The van der Waals surface area contributed by atoms with E-state index in [0.29, 0.717) is 18.5 Å². The first-order valence-corrected chi connectivity index (χ1v) is 11.7. The first kappa shape index (κ1) is 20.4. The summed E-state index contributed by atoms with van der Waals surface area (Å²) in [6, 6.07) is 4.07. The van der Waals surface area contributed by atoms with Gasteiger partial charge in [0.15, 0.2) is 5.82 Å². The van der Waals surface area contributed by atoms with Crippen LogP contribution in [0.4, 0.5) is 0 Å². The molecule has 0 unspecified atom stereocenters. The molecule has 0 bridgehead atoms. The smallest absolute Gasteiger partial charge is 0.255 e. The molecule has 0 saturated heterocycles. The SMILES string of the molecule is O=c1[nH]c(C2=NCCCC2)nc2c1CN(Cc1ccc(OC3CCCCC3)nc1)CC2. The van der Waals surface area contributed by atoms with Crippen LogP contribution in [0.1, 0.15) is 74.0 Å². The number of H-pyrrole nitrogens is 1. The zero-order valence-electron chi connectivity index (χ0n) is 18.1. The van der Waals surface area contributed by atoms with Gasteiger partial charge in [0.05, 0.1) is 17.0 Å². The van der Waals surface area contributed by atoms with Crippen LogP contribution < -0.4 is 10.3 Å². The quantitative estimate of drug-likeness (QED) is 0.800. The van der Waals surface area contributed by atoms with E-state index in [1.54, 1.807) is 0 Å². The highest BCUT2D eigenvalue weighted by molar-refractivity contribution is 5.97. The predicted octanol–water partition coefficient (Wildman–Crippen LogP) is 3.41. The number of nitrogens with one attached hydrogen (secondary N) is 1. The van der Waals surface area contributed by atoms with Crippen molar-refractivity contribution < 1.29 is 4.74 Å². The minimum absolute atomic E-state index is 0.0210. The van der Waals surface area contributed by atoms with E-state index in [4.69, 9.17) is 9.72 Å². The second-order valence-electron chi connectivity index (χ2n) is 8.97. The van der Waals surface area contributed by atoms with Gasteiger partial charge in [0, 0.05) is 44.9 Å². The van der Waals surface area contributed by atoms with E-state index in [1.807, 2.05) is 12.3 Å². The average Bonchev–Trinajstić information content (AvgIpc) is 2.82. The van der Waals surface area contributed by atoms with E-state index >= 15 is 0 Å². The highest BCUT2D eigenvalue weighted by Crippen LogP contribution is 2.23. The Kier molecular flexibility index (Phi) is 6.11. The van der Waals surface area contributed by atoms with Crippen LogP contribution in [0.2, 0.25) is 0 Å². The number of aliphatic imine (C=N–C) groups is 1. The fraction of sp³-hybridized carbons (Fsp3) is 0.583.